The molecule has 1 amide bonds. The molecule has 5 N–H and O–H groups in total. The molecule has 0 radical (unpaired) electrons. The van der Waals surface area contributed by atoms with E-state index in [1.165, 1.54) is 12.4 Å². The van der Waals surface area contributed by atoms with E-state index in [9.17, 15) is 10.0 Å². The third-order valence-electron chi connectivity index (χ3n) is 4.89. The maximum absolute atomic E-state index is 12.3. The highest BCUT2D eigenvalue weighted by Crippen LogP contribution is 2.08. The predicted molar refractivity (Wildman–Crippen MR) is 117 cm³/mol. The van der Waals surface area contributed by atoms with Gasteiger partial charge in [0.15, 0.2) is 0 Å². The number of hydrazine groups is 1. The number of rotatable bonds is 3. The molecule has 8 nitrogen and oxygen atoms in total. The third kappa shape index (κ3) is 4.36. The van der Waals surface area contributed by atoms with Crippen LogP contribution in [0.15, 0.2) is 65.8 Å². The average molecular weight is 415 g/mol. The fraction of sp³-hybridized carbons (Fsp3) is 0.0870. The summed E-state index contributed by atoms with van der Waals surface area (Å²) in [5, 5.41) is 22.4. The van der Waals surface area contributed by atoms with Crippen molar-refractivity contribution in [3.05, 3.63) is 93.1 Å². The van der Waals surface area contributed by atoms with Crippen LogP contribution in [0, 0.1) is 10.6 Å². The zero-order chi connectivity index (χ0) is 21.8. The van der Waals surface area contributed by atoms with E-state index in [0.29, 0.717) is 28.4 Å². The first-order valence-electron chi connectivity index (χ1n) is 9.64. The van der Waals surface area contributed by atoms with Gasteiger partial charge in [-0.25, -0.2) is 15.9 Å². The molecule has 1 aromatic heterocycles. The number of fused-ring (bicyclic) bond motifs is 1. The highest BCUT2D eigenvalue weighted by Gasteiger charge is 2.13. The standard InChI is InChI=1S/C23H21N5O3/c24-27-23(30)19-13-22(26-21-9-11-28(31)14-20(19)21)17-3-1-15(2-4-17)16-5-7-18(8-6-16)25-10-12-29/h1-9,11,13-14,29,31H,10,12,24H2,(H,27,30). The van der Waals surface area contributed by atoms with E-state index in [1.54, 1.807) is 12.1 Å². The number of carbonyl (C=O) groups excluding carboxylic acids is 1. The van der Waals surface area contributed by atoms with Gasteiger partial charge in [0.05, 0.1) is 35.5 Å². The Morgan fingerprint density at radius 3 is 2.48 bits per heavy atom. The number of amides is 1. The first-order chi connectivity index (χ1) is 15.1. The largest absolute Gasteiger partial charge is 0.394 e. The number of benzene rings is 1. The van der Waals surface area contributed by atoms with Gasteiger partial charge in [-0.1, -0.05) is 36.4 Å². The molecular formula is C23H21N5O3. The minimum Gasteiger partial charge on any atom is -0.394 e. The molecular weight excluding hydrogens is 394 g/mol. The van der Waals surface area contributed by atoms with Gasteiger partial charge < -0.3 is 5.11 Å². The number of aliphatic hydroxyl groups excluding tert-OH is 1. The Balaban J connectivity index is 1.82. The Labute approximate surface area is 177 Å². The number of hydrogen-bond acceptors (Lipinski definition) is 7. The van der Waals surface area contributed by atoms with Gasteiger partial charge >= 0.3 is 0 Å². The number of pyridine rings is 1. The van der Waals surface area contributed by atoms with Gasteiger partial charge in [0.2, 0.25) is 0 Å². The lowest BCUT2D eigenvalue weighted by molar-refractivity contribution is 0.0322. The highest BCUT2D eigenvalue weighted by atomic mass is 16.5. The number of allylic oxidation sites excluding steroid dienone is 4. The van der Waals surface area contributed by atoms with Crippen LogP contribution >= 0.6 is 0 Å². The number of nitrogen functional groups attached to an aromatic ring is 1. The quantitative estimate of drug-likeness (QED) is 0.320. The van der Waals surface area contributed by atoms with E-state index in [2.05, 4.69) is 15.4 Å². The molecule has 31 heavy (non-hydrogen) atoms. The SMILES string of the molecule is NNC(=O)c1cc(=c2ccc(=C3C=CC(=NCCO)C=C3)cc2)nc2c1=CN(O)C=C2. The molecule has 1 aromatic carbocycles. The van der Waals surface area contributed by atoms with Crippen molar-refractivity contribution in [3.8, 4) is 0 Å². The summed E-state index contributed by atoms with van der Waals surface area (Å²) in [7, 11) is 0. The molecule has 0 unspecified atom stereocenters. The molecule has 0 saturated carbocycles. The van der Waals surface area contributed by atoms with Crippen LogP contribution in [0.2, 0.25) is 0 Å². The van der Waals surface area contributed by atoms with E-state index in [1.807, 2.05) is 48.6 Å². The Hall–Kier alpha value is -3.85. The van der Waals surface area contributed by atoms with Crippen molar-refractivity contribution in [1.82, 2.24) is 15.5 Å². The number of nitrogens with zero attached hydrogens (tertiary/aromatic N) is 3. The summed E-state index contributed by atoms with van der Waals surface area (Å²) in [6, 6.07) is 9.49. The van der Waals surface area contributed by atoms with Crippen LogP contribution in [0.1, 0.15) is 16.1 Å². The minimum atomic E-state index is -0.469. The van der Waals surface area contributed by atoms with Crippen LogP contribution < -0.4 is 21.7 Å². The second-order valence-electron chi connectivity index (χ2n) is 6.88. The molecule has 156 valence electrons. The molecule has 1 aliphatic heterocycles. The number of carbonyl (C=O) groups is 1. The summed E-state index contributed by atoms with van der Waals surface area (Å²) in [5.74, 6) is 4.87. The normalized spacial score (nSPS) is 14.4. The second-order valence-corrected chi connectivity index (χ2v) is 6.88. The summed E-state index contributed by atoms with van der Waals surface area (Å²) in [6.45, 7) is 0.413. The Morgan fingerprint density at radius 1 is 1.10 bits per heavy atom. The van der Waals surface area contributed by atoms with Crippen LogP contribution in [0.5, 0.6) is 0 Å². The zero-order valence-electron chi connectivity index (χ0n) is 16.6. The molecule has 0 saturated heterocycles. The number of aromatic nitrogens is 1. The molecule has 4 rings (SSSR count). The van der Waals surface area contributed by atoms with Gasteiger partial charge in [0.1, 0.15) is 0 Å². The maximum atomic E-state index is 12.3. The van der Waals surface area contributed by atoms with Crippen molar-refractivity contribution in [1.29, 1.82) is 0 Å². The number of hydrogen-bond donors (Lipinski definition) is 4. The van der Waals surface area contributed by atoms with Crippen molar-refractivity contribution < 1.29 is 15.1 Å². The summed E-state index contributed by atoms with van der Waals surface area (Å²) in [6.07, 6.45) is 12.3. The van der Waals surface area contributed by atoms with Gasteiger partial charge in [0, 0.05) is 22.8 Å². The van der Waals surface area contributed by atoms with Gasteiger partial charge in [-0.05, 0) is 35.1 Å². The lowest BCUT2D eigenvalue weighted by atomic mass is 10.0. The van der Waals surface area contributed by atoms with Crippen LogP contribution in [-0.2, 0) is 0 Å². The van der Waals surface area contributed by atoms with Gasteiger partial charge in [-0.15, -0.1) is 0 Å². The van der Waals surface area contributed by atoms with Crippen LogP contribution in [0.25, 0.3) is 17.8 Å². The predicted octanol–water partition coefficient (Wildman–Crippen LogP) is 0.0956. The number of nitrogens with two attached hydrogens (primary N) is 1. The van der Waals surface area contributed by atoms with Crippen molar-refractivity contribution in [2.45, 2.75) is 0 Å². The Morgan fingerprint density at radius 2 is 1.81 bits per heavy atom. The molecule has 0 spiro atoms. The molecule has 0 atom stereocenters. The molecule has 2 heterocycles. The fourth-order valence-corrected chi connectivity index (χ4v) is 3.35. The maximum Gasteiger partial charge on any atom is 0.265 e. The monoisotopic (exact) mass is 415 g/mol. The van der Waals surface area contributed by atoms with E-state index >= 15 is 0 Å². The Kier molecular flexibility index (Phi) is 5.85. The fourth-order valence-electron chi connectivity index (χ4n) is 3.35. The van der Waals surface area contributed by atoms with Crippen molar-refractivity contribution >= 4 is 29.5 Å². The number of hydroxylamine groups is 2. The average Bonchev–Trinajstić information content (AvgIpc) is 2.82. The van der Waals surface area contributed by atoms with Crippen LogP contribution in [0.4, 0.5) is 0 Å². The molecule has 0 bridgehead atoms. The lowest BCUT2D eigenvalue weighted by Gasteiger charge is -2.13. The summed E-state index contributed by atoms with van der Waals surface area (Å²) < 4.78 is 0. The van der Waals surface area contributed by atoms with E-state index in [0.717, 1.165) is 26.8 Å². The van der Waals surface area contributed by atoms with Gasteiger partial charge in [0.25, 0.3) is 5.91 Å². The molecule has 8 heteroatoms. The van der Waals surface area contributed by atoms with E-state index in [4.69, 9.17) is 10.9 Å². The van der Waals surface area contributed by atoms with Crippen LogP contribution in [-0.4, -0.2) is 45.1 Å². The first kappa shape index (κ1) is 20.4. The van der Waals surface area contributed by atoms with Crippen molar-refractivity contribution in [3.63, 3.8) is 0 Å². The minimum absolute atomic E-state index is 0.0284. The summed E-state index contributed by atoms with van der Waals surface area (Å²) in [4.78, 5) is 21.2. The number of aliphatic hydroxyl groups is 1. The summed E-state index contributed by atoms with van der Waals surface area (Å²) in [5.41, 5.74) is 4.88. The second kappa shape index (κ2) is 8.88. The first-order valence-corrected chi connectivity index (χ1v) is 9.64. The molecule has 1 aliphatic carbocycles. The molecule has 0 fully saturated rings. The van der Waals surface area contributed by atoms with E-state index in [-0.39, 0.29) is 6.61 Å². The van der Waals surface area contributed by atoms with Gasteiger partial charge in [-0.2, -0.15) is 0 Å². The highest BCUT2D eigenvalue weighted by molar-refractivity contribution is 6.08. The van der Waals surface area contributed by atoms with Crippen LogP contribution in [0.3, 0.4) is 0 Å². The smallest absolute Gasteiger partial charge is 0.265 e. The van der Waals surface area contributed by atoms with Gasteiger partial charge in [-0.3, -0.25) is 20.4 Å². The summed E-state index contributed by atoms with van der Waals surface area (Å²) >= 11 is 0. The molecule has 2 aromatic rings. The zero-order valence-corrected chi connectivity index (χ0v) is 16.6. The lowest BCUT2D eigenvalue weighted by Crippen LogP contribution is -2.36. The van der Waals surface area contributed by atoms with Crippen molar-refractivity contribution in [2.75, 3.05) is 13.2 Å². The Bertz CT molecular complexity index is 1330. The van der Waals surface area contributed by atoms with E-state index < -0.39 is 5.91 Å². The topological polar surface area (TPSA) is 124 Å². The number of aliphatic imine (C=N–C) groups is 1. The molecule has 2 aliphatic rings. The van der Waals surface area contributed by atoms with Crippen molar-refractivity contribution in [2.24, 2.45) is 10.8 Å². The number of nitrogens with one attached hydrogen (secondary N) is 1. The third-order valence-corrected chi connectivity index (χ3v) is 4.89.